The van der Waals surface area contributed by atoms with Gasteiger partial charge >= 0.3 is 6.80 Å². The summed E-state index contributed by atoms with van der Waals surface area (Å²) >= 11 is 14.1. The maximum absolute atomic E-state index is 15.7. The molecule has 2 unspecified atom stereocenters. The van der Waals surface area contributed by atoms with Crippen LogP contribution in [0.4, 0.5) is 10.3 Å². The van der Waals surface area contributed by atoms with Crippen molar-refractivity contribution in [2.75, 3.05) is 24.9 Å². The maximum Gasteiger partial charge on any atom is 0.387 e. The van der Waals surface area contributed by atoms with Crippen LogP contribution in [0.1, 0.15) is 12.1 Å². The number of nitrogen functional groups attached to an aromatic ring is 1. The fourth-order valence-electron chi connectivity index (χ4n) is 4.34. The van der Waals surface area contributed by atoms with Gasteiger partial charge in [0.25, 0.3) is 5.56 Å². The number of nitrogens with two attached hydrogens (primary N) is 1. The van der Waals surface area contributed by atoms with Gasteiger partial charge < -0.3 is 24.3 Å². The van der Waals surface area contributed by atoms with E-state index in [0.717, 1.165) is 0 Å². The molecule has 3 N–H and O–H groups in total. The highest BCUT2D eigenvalue weighted by molar-refractivity contribution is 8.44. The van der Waals surface area contributed by atoms with Crippen LogP contribution in [0.2, 0.25) is 5.02 Å². The lowest BCUT2D eigenvalue weighted by Gasteiger charge is -2.24. The number of rotatable bonds is 12. The van der Waals surface area contributed by atoms with E-state index in [2.05, 4.69) is 59.3 Å². The normalized spacial score (nSPS) is 22.6. The van der Waals surface area contributed by atoms with Gasteiger partial charge in [0.05, 0.1) is 24.2 Å². The highest BCUT2D eigenvalue weighted by Gasteiger charge is 2.50. The summed E-state index contributed by atoms with van der Waals surface area (Å²) in [4.78, 5) is 31.8. The van der Waals surface area contributed by atoms with E-state index in [1.54, 1.807) is 10.6 Å². The average molecular weight is 669 g/mol. The Kier molecular flexibility index (Phi) is 9.55. The van der Waals surface area contributed by atoms with Crippen LogP contribution >= 0.6 is 52.7 Å². The number of anilines is 1. The van der Waals surface area contributed by atoms with Crippen molar-refractivity contribution in [1.82, 2.24) is 34.1 Å². The molecule has 1 fully saturated rings. The Hall–Kier alpha value is -1.85. The zero-order valence-corrected chi connectivity index (χ0v) is 25.5. The van der Waals surface area contributed by atoms with E-state index in [1.165, 1.54) is 17.1 Å². The number of imidazole rings is 2. The van der Waals surface area contributed by atoms with Gasteiger partial charge in [-0.1, -0.05) is 23.8 Å². The minimum Gasteiger partial charge on any atom is -0.369 e. The Balaban J connectivity index is 1.41. The quantitative estimate of drug-likeness (QED) is 0.0985. The van der Waals surface area contributed by atoms with E-state index < -0.39 is 37.0 Å². The molecular weight excluding hydrogens is 645 g/mol. The molecule has 4 aromatic rings. The number of hydrogen-bond donors (Lipinski definition) is 4. The monoisotopic (exact) mass is 668 g/mol. The molecule has 1 aliphatic rings. The third-order valence-corrected chi connectivity index (χ3v) is 8.26. The zero-order valence-electron chi connectivity index (χ0n) is 20.9. The molecule has 0 bridgehead atoms. The number of fused-ring (bicyclic) bond motifs is 2. The number of aromatic nitrogens is 7. The van der Waals surface area contributed by atoms with E-state index in [1.807, 2.05) is 0 Å². The van der Waals surface area contributed by atoms with Gasteiger partial charge in [-0.3, -0.25) is 23.4 Å². The van der Waals surface area contributed by atoms with Gasteiger partial charge in [0.1, 0.15) is 36.5 Å². The Labute approximate surface area is 249 Å². The van der Waals surface area contributed by atoms with Crippen molar-refractivity contribution in [1.29, 1.82) is 0 Å². The molecule has 15 nitrogen and oxygen atoms in total. The number of halogens is 2. The van der Waals surface area contributed by atoms with Crippen molar-refractivity contribution in [3.63, 3.8) is 0 Å². The van der Waals surface area contributed by atoms with Crippen molar-refractivity contribution in [2.45, 2.75) is 37.8 Å². The van der Waals surface area contributed by atoms with Crippen molar-refractivity contribution in [3.8, 4) is 0 Å². The molecule has 0 aromatic carbocycles. The van der Waals surface area contributed by atoms with Crippen molar-refractivity contribution < 1.29 is 32.0 Å². The molecule has 0 radical (unpaired) electrons. The van der Waals surface area contributed by atoms with Gasteiger partial charge in [0.2, 0.25) is 5.95 Å². The smallest absolute Gasteiger partial charge is 0.369 e. The van der Waals surface area contributed by atoms with Crippen LogP contribution in [0.15, 0.2) is 23.4 Å². The van der Waals surface area contributed by atoms with E-state index in [9.17, 15) is 9.36 Å². The van der Waals surface area contributed by atoms with Gasteiger partial charge in [0, 0.05) is 22.2 Å². The van der Waals surface area contributed by atoms with Crippen LogP contribution in [0, 0.1) is 0 Å². The number of aromatic amines is 1. The number of nitrogens with zero attached hydrogens (tertiary/aromatic N) is 6. The first-order valence-electron chi connectivity index (χ1n) is 11.8. The van der Waals surface area contributed by atoms with Crippen LogP contribution in [-0.2, 0) is 40.8 Å². The average Bonchev–Trinajstić information content (AvgIpc) is 3.58. The van der Waals surface area contributed by atoms with Crippen LogP contribution < -0.4 is 11.3 Å². The second-order valence-corrected chi connectivity index (χ2v) is 12.5. The molecule has 6 atom stereocenters. The lowest BCUT2D eigenvalue weighted by atomic mass is 10.1. The molecule has 0 saturated carbocycles. The third-order valence-electron chi connectivity index (χ3n) is 6.04. The van der Waals surface area contributed by atoms with Gasteiger partial charge in [-0.25, -0.2) is 23.9 Å². The summed E-state index contributed by atoms with van der Waals surface area (Å²) in [6.07, 6.45) is -3.26. The molecule has 4 aromatic heterocycles. The minimum absolute atomic E-state index is 0.00333. The van der Waals surface area contributed by atoms with Gasteiger partial charge in [-0.15, -0.1) is 0 Å². The number of nitrogens with one attached hydrogen (secondary N) is 1. The zero-order chi connectivity index (χ0) is 29.3. The predicted molar refractivity (Wildman–Crippen MR) is 156 cm³/mol. The van der Waals surface area contributed by atoms with Crippen LogP contribution in [-0.4, -0.2) is 71.6 Å². The summed E-state index contributed by atoms with van der Waals surface area (Å²) in [5.41, 5.74) is 5.85. The first-order valence-corrected chi connectivity index (χ1v) is 16.0. The predicted octanol–water partition coefficient (Wildman–Crippen LogP) is 2.69. The van der Waals surface area contributed by atoms with Crippen molar-refractivity contribution in [2.24, 2.45) is 0 Å². The molecule has 5 rings (SSSR count). The maximum atomic E-state index is 15.7. The van der Waals surface area contributed by atoms with E-state index in [-0.39, 0.29) is 36.3 Å². The number of hydrogen-bond acceptors (Lipinski definition) is 13. The second-order valence-electron chi connectivity index (χ2n) is 8.64. The van der Waals surface area contributed by atoms with Gasteiger partial charge in [0.15, 0.2) is 29.2 Å². The van der Waals surface area contributed by atoms with Gasteiger partial charge in [-0.05, 0) is 6.07 Å². The number of ether oxygens (including phenoxy) is 2. The topological polar surface area (TPSA) is 184 Å². The molecule has 0 spiro atoms. The molecule has 1 aliphatic heterocycles. The van der Waals surface area contributed by atoms with Crippen LogP contribution in [0.5, 0.6) is 0 Å². The SMILES string of the molecule is Nc1nc2ncn([C@@H]3O[C@H](COCS)[C@@H](F)[C@H]3OP(=O)(S)OCc3nc4cc(Cl)cnc4n3CCOP)c2c(=O)[nH]1. The Morgan fingerprint density at radius 1 is 1.34 bits per heavy atom. The molecule has 222 valence electrons. The summed E-state index contributed by atoms with van der Waals surface area (Å²) < 4.78 is 59.3. The number of thiol groups is 2. The fraction of sp³-hybridized carbons (Fsp3) is 0.450. The first kappa shape index (κ1) is 30.6. The fourth-order valence-corrected chi connectivity index (χ4v) is 6.07. The molecule has 41 heavy (non-hydrogen) atoms. The number of H-pyrrole nitrogens is 1. The molecule has 1 saturated heterocycles. The summed E-state index contributed by atoms with van der Waals surface area (Å²) in [5.74, 6) is 0.162. The number of alkyl halides is 1. The highest BCUT2D eigenvalue weighted by Crippen LogP contribution is 2.57. The minimum atomic E-state index is -4.29. The molecular formula is C20H24ClFN8O7P2S2. The highest BCUT2D eigenvalue weighted by atomic mass is 35.5. The summed E-state index contributed by atoms with van der Waals surface area (Å²) in [5, 5.41) is 0.376. The summed E-state index contributed by atoms with van der Waals surface area (Å²) in [7, 11) is 2.15. The van der Waals surface area contributed by atoms with E-state index in [4.69, 9.17) is 40.4 Å². The van der Waals surface area contributed by atoms with E-state index >= 15 is 4.39 Å². The Morgan fingerprint density at radius 3 is 2.90 bits per heavy atom. The van der Waals surface area contributed by atoms with Gasteiger partial charge in [-0.2, -0.15) is 17.6 Å². The largest absolute Gasteiger partial charge is 0.387 e. The molecule has 21 heteroatoms. The Bertz CT molecular complexity index is 1660. The number of pyridine rings is 1. The van der Waals surface area contributed by atoms with Crippen molar-refractivity contribution in [3.05, 3.63) is 39.8 Å². The second kappa shape index (κ2) is 12.8. The molecule has 0 amide bonds. The lowest BCUT2D eigenvalue weighted by Crippen LogP contribution is -2.32. The van der Waals surface area contributed by atoms with Crippen molar-refractivity contribution >= 4 is 81.0 Å². The summed E-state index contributed by atoms with van der Waals surface area (Å²) in [6, 6.07) is 1.61. The molecule has 0 aliphatic carbocycles. The standard InChI is InChI=1S/C20H24ClFN8O7P2S2/c21-9-3-10-17(24-4-9)29(1-2-34-38)12(26-10)6-35-39(32,41)37-15-13(22)11(5-33-8-40)36-19(15)30-7-25-16-14(30)18(31)28-20(23)27-16/h3-4,7,11,13,15,19,40H,1-2,5-6,8,38H2,(H,32,41)(H3,23,27,28,31)/t11-,13-,15-,19-,39?/m1/s1. The van der Waals surface area contributed by atoms with Crippen LogP contribution in [0.3, 0.4) is 0 Å². The lowest BCUT2D eigenvalue weighted by molar-refractivity contribution is -0.0546. The van der Waals surface area contributed by atoms with Crippen LogP contribution in [0.25, 0.3) is 22.3 Å². The third kappa shape index (κ3) is 6.56. The molecule has 5 heterocycles. The first-order chi connectivity index (χ1) is 19.6. The Morgan fingerprint density at radius 2 is 2.15 bits per heavy atom. The van der Waals surface area contributed by atoms with E-state index in [0.29, 0.717) is 35.2 Å². The summed E-state index contributed by atoms with van der Waals surface area (Å²) in [6.45, 7) is -4.20.